The van der Waals surface area contributed by atoms with Crippen molar-refractivity contribution in [2.45, 2.75) is 83.1 Å². The summed E-state index contributed by atoms with van der Waals surface area (Å²) in [5.41, 5.74) is 34.0. The van der Waals surface area contributed by atoms with Gasteiger partial charge in [0.2, 0.25) is 0 Å². The van der Waals surface area contributed by atoms with Gasteiger partial charge in [0.15, 0.2) is 0 Å². The molecule has 0 radical (unpaired) electrons. The molecule has 0 aliphatic rings. The maximum Gasteiger partial charge on any atom is -0.0152 e. The van der Waals surface area contributed by atoms with Gasteiger partial charge in [-0.3, -0.25) is 0 Å². The highest BCUT2D eigenvalue weighted by molar-refractivity contribution is 5.74. The van der Waals surface area contributed by atoms with Gasteiger partial charge in [0.25, 0.3) is 0 Å². The van der Waals surface area contributed by atoms with Gasteiger partial charge in [0.1, 0.15) is 0 Å². The molecular formula is C90H88. The molecule has 0 aromatic heterocycles. The molecule has 0 aliphatic carbocycles. The molecule has 13 aromatic carbocycles. The fraction of sp³-hybridized carbons (Fsp3) is 0.133. The van der Waals surface area contributed by atoms with Crippen molar-refractivity contribution in [3.63, 3.8) is 0 Å². The average Bonchev–Trinajstić information content (AvgIpc) is 2.32. The molecule has 0 atom stereocenters. The Morgan fingerprint density at radius 1 is 0.122 bits per heavy atom. The molecular weight excluding hydrogens is 1080 g/mol. The molecule has 0 heteroatoms. The van der Waals surface area contributed by atoms with E-state index in [-0.39, 0.29) is 0 Å². The van der Waals surface area contributed by atoms with Crippen LogP contribution in [-0.2, 0) is 0 Å². The van der Waals surface area contributed by atoms with Crippen molar-refractivity contribution in [2.24, 2.45) is 0 Å². The number of rotatable bonds is 7. The molecule has 0 spiro atoms. The van der Waals surface area contributed by atoms with Crippen LogP contribution in [0, 0.1) is 83.1 Å². The summed E-state index contributed by atoms with van der Waals surface area (Å²) in [6, 6.07) is 112. The second-order valence-corrected chi connectivity index (χ2v) is 23.8. The quantitative estimate of drug-likeness (QED) is 0.149. The lowest BCUT2D eigenvalue weighted by atomic mass is 9.97. The molecule has 0 bridgehead atoms. The van der Waals surface area contributed by atoms with E-state index in [2.05, 4.69) is 399 Å². The molecule has 0 aliphatic heterocycles. The Bertz CT molecular complexity index is 4180. The monoisotopic (exact) mass is 1170 g/mol. The van der Waals surface area contributed by atoms with E-state index >= 15 is 0 Å². The van der Waals surface area contributed by atoms with Gasteiger partial charge in [-0.2, -0.15) is 0 Å². The molecule has 13 rings (SSSR count). The Morgan fingerprint density at radius 3 is 0.622 bits per heavy atom. The summed E-state index contributed by atoms with van der Waals surface area (Å²) in [5.74, 6) is 0. The molecule has 0 saturated carbocycles. The third kappa shape index (κ3) is 19.9. The molecule has 0 amide bonds. The van der Waals surface area contributed by atoms with Crippen molar-refractivity contribution in [1.82, 2.24) is 0 Å². The van der Waals surface area contributed by atoms with Crippen molar-refractivity contribution < 1.29 is 0 Å². The SMILES string of the molecule is Cc1ccc(-c2cccc(-c3ccc(C)cc3)c2)cc1.Cc1ccc(-c2cccc(C)c2)cc1.Cc1ccc(-c2ccccc2C)cc1.Cc1cccc(-c2cccc(C)c2)c1.Cc1cccc(-c2ccccc2C)c1.Cc1ccccc1-c1ccccc1C. The summed E-state index contributed by atoms with van der Waals surface area (Å²) in [4.78, 5) is 0. The van der Waals surface area contributed by atoms with E-state index in [0.29, 0.717) is 0 Å². The van der Waals surface area contributed by atoms with Crippen LogP contribution in [0.15, 0.2) is 315 Å². The Morgan fingerprint density at radius 2 is 0.333 bits per heavy atom. The zero-order valence-corrected chi connectivity index (χ0v) is 55.0. The van der Waals surface area contributed by atoms with E-state index in [0.717, 1.165) is 0 Å². The Kier molecular flexibility index (Phi) is 24.3. The topological polar surface area (TPSA) is 0 Å². The normalized spacial score (nSPS) is 10.2. The van der Waals surface area contributed by atoms with Gasteiger partial charge in [0.05, 0.1) is 0 Å². The summed E-state index contributed by atoms with van der Waals surface area (Å²) in [5, 5.41) is 0. The molecule has 0 heterocycles. The molecule has 0 nitrogen and oxygen atoms in total. The zero-order valence-electron chi connectivity index (χ0n) is 55.0. The van der Waals surface area contributed by atoms with Gasteiger partial charge >= 0.3 is 0 Å². The Hall–Kier alpha value is -10.1. The van der Waals surface area contributed by atoms with E-state index < -0.39 is 0 Å². The van der Waals surface area contributed by atoms with E-state index in [1.54, 1.807) is 0 Å². The predicted octanol–water partition coefficient (Wildman–Crippen LogP) is 25.5. The number of benzene rings is 13. The maximum atomic E-state index is 2.26. The van der Waals surface area contributed by atoms with E-state index in [1.165, 1.54) is 145 Å². The molecule has 0 unspecified atom stereocenters. The summed E-state index contributed by atoms with van der Waals surface area (Å²) < 4.78 is 0. The number of aryl methyl sites for hydroxylation is 12. The fourth-order valence-corrected chi connectivity index (χ4v) is 10.7. The highest BCUT2D eigenvalue weighted by Crippen LogP contribution is 2.30. The fourth-order valence-electron chi connectivity index (χ4n) is 10.7. The third-order valence-electron chi connectivity index (χ3n) is 16.0. The lowest BCUT2D eigenvalue weighted by molar-refractivity contribution is 1.41. The first kappa shape index (κ1) is 65.8. The lowest BCUT2D eigenvalue weighted by Crippen LogP contribution is -1.85. The standard InChI is InChI=1S/C20H18.5C14H14/c1-15-6-10-17(11-7-15)19-4-3-5-20(14-19)18-12-8-16(2)9-13-18;1-11-5-3-7-13(9-11)14-8-4-6-12(2)10-14;1-11-7-3-5-9-13(11)14-10-6-4-8-12(14)2;1-11-6-5-8-13(10-11)14-9-4-3-7-12(14)2;1-11-6-8-13(9-7-11)14-5-3-4-12(2)10-14;1-11-7-9-13(10-8-11)14-6-4-3-5-12(14)2/h3-14H,1-2H3;5*3-10H,1-2H3. The van der Waals surface area contributed by atoms with Crippen LogP contribution in [0.1, 0.15) is 66.8 Å². The summed E-state index contributed by atoms with van der Waals surface area (Å²) >= 11 is 0. The van der Waals surface area contributed by atoms with Crippen LogP contribution < -0.4 is 0 Å². The molecule has 0 fully saturated rings. The minimum absolute atomic E-state index is 1.27. The molecule has 90 heavy (non-hydrogen) atoms. The van der Waals surface area contributed by atoms with E-state index in [1.807, 2.05) is 0 Å². The van der Waals surface area contributed by atoms with Crippen molar-refractivity contribution in [2.75, 3.05) is 0 Å². The van der Waals surface area contributed by atoms with Crippen molar-refractivity contribution >= 4 is 0 Å². The van der Waals surface area contributed by atoms with Crippen molar-refractivity contribution in [1.29, 1.82) is 0 Å². The van der Waals surface area contributed by atoms with Crippen LogP contribution in [0.4, 0.5) is 0 Å². The first-order valence-corrected chi connectivity index (χ1v) is 31.5. The molecule has 0 N–H and O–H groups in total. The minimum atomic E-state index is 1.27. The first-order chi connectivity index (χ1) is 43.6. The van der Waals surface area contributed by atoms with E-state index in [9.17, 15) is 0 Å². The van der Waals surface area contributed by atoms with Crippen LogP contribution in [-0.4, -0.2) is 0 Å². The second kappa shape index (κ2) is 33.3. The maximum absolute atomic E-state index is 2.26. The van der Waals surface area contributed by atoms with Gasteiger partial charge in [-0.15, -0.1) is 0 Å². The van der Waals surface area contributed by atoms with Crippen molar-refractivity contribution in [3.05, 3.63) is 382 Å². The first-order valence-electron chi connectivity index (χ1n) is 31.5. The Labute approximate surface area is 540 Å². The van der Waals surface area contributed by atoms with Crippen molar-refractivity contribution in [3.8, 4) is 77.9 Å². The number of hydrogen-bond acceptors (Lipinski definition) is 0. The lowest BCUT2D eigenvalue weighted by Gasteiger charge is -2.08. The van der Waals surface area contributed by atoms with Gasteiger partial charge in [-0.25, -0.2) is 0 Å². The van der Waals surface area contributed by atoms with Crippen LogP contribution in [0.3, 0.4) is 0 Å². The van der Waals surface area contributed by atoms with Crippen LogP contribution >= 0.6 is 0 Å². The average molecular weight is 1170 g/mol. The minimum Gasteiger partial charge on any atom is -0.0620 e. The predicted molar refractivity (Wildman–Crippen MR) is 394 cm³/mol. The van der Waals surface area contributed by atoms with Crippen LogP contribution in [0.25, 0.3) is 77.9 Å². The Balaban J connectivity index is 0.000000140. The zero-order chi connectivity index (χ0) is 63.8. The smallest absolute Gasteiger partial charge is 0.0152 e. The number of hydrogen-bond donors (Lipinski definition) is 0. The summed E-state index contributed by atoms with van der Waals surface area (Å²) in [7, 11) is 0. The van der Waals surface area contributed by atoms with E-state index in [4.69, 9.17) is 0 Å². The van der Waals surface area contributed by atoms with Gasteiger partial charge < -0.3 is 0 Å². The molecule has 13 aromatic rings. The second-order valence-electron chi connectivity index (χ2n) is 23.8. The van der Waals surface area contributed by atoms with Gasteiger partial charge in [0, 0.05) is 0 Å². The van der Waals surface area contributed by atoms with Crippen LogP contribution in [0.2, 0.25) is 0 Å². The molecule has 448 valence electrons. The van der Waals surface area contributed by atoms with Gasteiger partial charge in [-0.05, 0) is 189 Å². The largest absolute Gasteiger partial charge is 0.0620 e. The molecule has 0 saturated heterocycles. The van der Waals surface area contributed by atoms with Gasteiger partial charge in [-0.1, -0.05) is 354 Å². The summed E-state index contributed by atoms with van der Waals surface area (Å²) in [6.45, 7) is 25.6. The van der Waals surface area contributed by atoms with Crippen LogP contribution in [0.5, 0.6) is 0 Å². The summed E-state index contributed by atoms with van der Waals surface area (Å²) in [6.07, 6.45) is 0. The third-order valence-corrected chi connectivity index (χ3v) is 16.0. The highest BCUT2D eigenvalue weighted by atomic mass is 14.1. The highest BCUT2D eigenvalue weighted by Gasteiger charge is 2.06.